The molecule has 1 amide bonds. The van der Waals surface area contributed by atoms with Crippen LogP contribution in [0.2, 0.25) is 0 Å². The summed E-state index contributed by atoms with van der Waals surface area (Å²) in [6.07, 6.45) is 1.56. The minimum atomic E-state index is -0.380. The van der Waals surface area contributed by atoms with Crippen LogP contribution < -0.4 is 14.8 Å². The first-order valence-electron chi connectivity index (χ1n) is 6.65. The molecule has 0 aliphatic carbocycles. The molecule has 0 radical (unpaired) electrons. The Balaban J connectivity index is 3.02. The average molecular weight is 300 g/mol. The molecule has 0 aromatic heterocycles. The van der Waals surface area contributed by atoms with E-state index in [1.807, 2.05) is 13.8 Å². The molecule has 1 rings (SSSR count). The van der Waals surface area contributed by atoms with Crippen molar-refractivity contribution in [1.82, 2.24) is 5.32 Å². The molecule has 0 atom stereocenters. The Morgan fingerprint density at radius 3 is 2.00 bits per heavy atom. The fraction of sp³-hybridized carbons (Fsp3) is 0.533. The van der Waals surface area contributed by atoms with E-state index in [4.69, 9.17) is 21.1 Å². The Bertz CT molecular complexity index is 428. The lowest BCUT2D eigenvalue weighted by Crippen LogP contribution is -2.49. The van der Waals surface area contributed by atoms with Crippen LogP contribution in [0, 0.1) is 0 Å². The Morgan fingerprint density at radius 2 is 1.65 bits per heavy atom. The maximum absolute atomic E-state index is 12.4. The van der Waals surface area contributed by atoms with Crippen molar-refractivity contribution in [3.63, 3.8) is 0 Å². The molecule has 0 aliphatic heterocycles. The molecule has 112 valence electrons. The van der Waals surface area contributed by atoms with Crippen molar-refractivity contribution < 1.29 is 14.3 Å². The molecule has 4 nitrogen and oxygen atoms in total. The summed E-state index contributed by atoms with van der Waals surface area (Å²) in [5.74, 6) is 1.37. The fourth-order valence-corrected chi connectivity index (χ4v) is 2.35. The number of methoxy groups -OCH3 is 2. The van der Waals surface area contributed by atoms with Crippen LogP contribution in [0.25, 0.3) is 0 Å². The SMILES string of the molecule is CCC(CC)(CCl)NC(=O)c1cc(OC)cc(OC)c1. The first-order chi connectivity index (χ1) is 9.53. The van der Waals surface area contributed by atoms with Crippen molar-refractivity contribution in [2.45, 2.75) is 32.2 Å². The second-order valence-electron chi connectivity index (χ2n) is 4.68. The summed E-state index contributed by atoms with van der Waals surface area (Å²) < 4.78 is 10.3. The maximum atomic E-state index is 12.4. The zero-order chi connectivity index (χ0) is 15.2. The summed E-state index contributed by atoms with van der Waals surface area (Å²) in [5.41, 5.74) is 0.118. The molecule has 0 heterocycles. The van der Waals surface area contributed by atoms with Gasteiger partial charge in [-0.1, -0.05) is 13.8 Å². The van der Waals surface area contributed by atoms with E-state index in [2.05, 4.69) is 5.32 Å². The average Bonchev–Trinajstić information content (AvgIpc) is 2.51. The second-order valence-corrected chi connectivity index (χ2v) is 4.94. The molecule has 0 unspecified atom stereocenters. The summed E-state index contributed by atoms with van der Waals surface area (Å²) in [5, 5.41) is 3.02. The van der Waals surface area contributed by atoms with Crippen LogP contribution in [0.5, 0.6) is 11.5 Å². The molecular weight excluding hydrogens is 278 g/mol. The molecule has 0 spiro atoms. The van der Waals surface area contributed by atoms with Gasteiger partial charge >= 0.3 is 0 Å². The number of ether oxygens (including phenoxy) is 2. The van der Waals surface area contributed by atoms with Gasteiger partial charge in [0.15, 0.2) is 0 Å². The maximum Gasteiger partial charge on any atom is 0.252 e. The van der Waals surface area contributed by atoms with Crippen molar-refractivity contribution in [3.8, 4) is 11.5 Å². The number of carbonyl (C=O) groups excluding carboxylic acids is 1. The highest BCUT2D eigenvalue weighted by Gasteiger charge is 2.27. The van der Waals surface area contributed by atoms with Crippen LogP contribution in [-0.4, -0.2) is 31.5 Å². The minimum absolute atomic E-state index is 0.174. The Labute approximate surface area is 125 Å². The number of carbonyl (C=O) groups is 1. The Morgan fingerprint density at radius 1 is 1.15 bits per heavy atom. The molecule has 1 aromatic rings. The predicted octanol–water partition coefficient (Wildman–Crippen LogP) is 3.23. The number of alkyl halides is 1. The lowest BCUT2D eigenvalue weighted by atomic mass is 9.94. The molecule has 1 N–H and O–H groups in total. The van der Waals surface area contributed by atoms with Gasteiger partial charge < -0.3 is 14.8 Å². The van der Waals surface area contributed by atoms with Gasteiger partial charge in [-0.15, -0.1) is 11.6 Å². The number of rotatable bonds is 7. The summed E-state index contributed by atoms with van der Waals surface area (Å²) in [6, 6.07) is 5.09. The number of amides is 1. The van der Waals surface area contributed by atoms with Crippen LogP contribution in [0.4, 0.5) is 0 Å². The normalized spacial score (nSPS) is 11.1. The number of hydrogen-bond donors (Lipinski definition) is 1. The van der Waals surface area contributed by atoms with E-state index in [0.717, 1.165) is 12.8 Å². The molecule has 0 saturated heterocycles. The molecule has 5 heteroatoms. The van der Waals surface area contributed by atoms with E-state index in [0.29, 0.717) is 22.9 Å². The van der Waals surface area contributed by atoms with Crippen molar-refractivity contribution in [2.75, 3.05) is 20.1 Å². The molecule has 1 aromatic carbocycles. The smallest absolute Gasteiger partial charge is 0.252 e. The Kier molecular flexibility index (Phi) is 6.14. The predicted molar refractivity (Wildman–Crippen MR) is 81.0 cm³/mol. The van der Waals surface area contributed by atoms with Crippen molar-refractivity contribution in [1.29, 1.82) is 0 Å². The van der Waals surface area contributed by atoms with E-state index >= 15 is 0 Å². The van der Waals surface area contributed by atoms with Gasteiger partial charge in [-0.2, -0.15) is 0 Å². The fourth-order valence-electron chi connectivity index (χ4n) is 1.90. The van der Waals surface area contributed by atoms with Crippen LogP contribution in [0.1, 0.15) is 37.0 Å². The molecule has 0 aliphatic rings. The van der Waals surface area contributed by atoms with Gasteiger partial charge in [-0.3, -0.25) is 4.79 Å². The zero-order valence-electron chi connectivity index (χ0n) is 12.5. The zero-order valence-corrected chi connectivity index (χ0v) is 13.2. The Hall–Kier alpha value is -1.42. The highest BCUT2D eigenvalue weighted by molar-refractivity contribution is 6.19. The third-order valence-corrected chi connectivity index (χ3v) is 4.11. The summed E-state index contributed by atoms with van der Waals surface area (Å²) in [4.78, 5) is 12.4. The quantitative estimate of drug-likeness (QED) is 0.786. The third-order valence-electron chi connectivity index (χ3n) is 3.60. The van der Waals surface area contributed by atoms with Gasteiger partial charge in [0.2, 0.25) is 0 Å². The number of nitrogens with one attached hydrogen (secondary N) is 1. The van der Waals surface area contributed by atoms with Crippen molar-refractivity contribution in [3.05, 3.63) is 23.8 Å². The first kappa shape index (κ1) is 16.6. The highest BCUT2D eigenvalue weighted by atomic mass is 35.5. The number of hydrogen-bond acceptors (Lipinski definition) is 3. The van der Waals surface area contributed by atoms with Gasteiger partial charge in [0.1, 0.15) is 11.5 Å². The van der Waals surface area contributed by atoms with E-state index in [1.165, 1.54) is 0 Å². The molecule has 20 heavy (non-hydrogen) atoms. The van der Waals surface area contributed by atoms with E-state index < -0.39 is 0 Å². The third kappa shape index (κ3) is 3.79. The summed E-state index contributed by atoms with van der Waals surface area (Å²) in [6.45, 7) is 4.02. The van der Waals surface area contributed by atoms with Crippen LogP contribution in [0.15, 0.2) is 18.2 Å². The van der Waals surface area contributed by atoms with Crippen molar-refractivity contribution >= 4 is 17.5 Å². The van der Waals surface area contributed by atoms with E-state index in [1.54, 1.807) is 32.4 Å². The second kappa shape index (κ2) is 7.39. The lowest BCUT2D eigenvalue weighted by molar-refractivity contribution is 0.0901. The molecule has 0 bridgehead atoms. The molecule has 0 fully saturated rings. The van der Waals surface area contributed by atoms with Crippen LogP contribution in [0.3, 0.4) is 0 Å². The minimum Gasteiger partial charge on any atom is -0.497 e. The molecule has 0 saturated carbocycles. The number of benzene rings is 1. The number of halogens is 1. The van der Waals surface area contributed by atoms with Gasteiger partial charge in [-0.25, -0.2) is 0 Å². The highest BCUT2D eigenvalue weighted by Crippen LogP contribution is 2.24. The van der Waals surface area contributed by atoms with Crippen LogP contribution in [-0.2, 0) is 0 Å². The standard InChI is InChI=1S/C15H22ClNO3/c1-5-15(6-2,10-16)17-14(18)11-7-12(19-3)9-13(8-11)20-4/h7-9H,5-6,10H2,1-4H3,(H,17,18). The largest absolute Gasteiger partial charge is 0.497 e. The topological polar surface area (TPSA) is 47.6 Å². The van der Waals surface area contributed by atoms with E-state index in [9.17, 15) is 4.79 Å². The van der Waals surface area contributed by atoms with E-state index in [-0.39, 0.29) is 11.4 Å². The van der Waals surface area contributed by atoms with Crippen LogP contribution >= 0.6 is 11.6 Å². The first-order valence-corrected chi connectivity index (χ1v) is 7.19. The molecular formula is C15H22ClNO3. The lowest BCUT2D eigenvalue weighted by Gasteiger charge is -2.30. The summed E-state index contributed by atoms with van der Waals surface area (Å²) in [7, 11) is 3.11. The van der Waals surface area contributed by atoms with Gasteiger partial charge in [0.05, 0.1) is 19.8 Å². The van der Waals surface area contributed by atoms with Gasteiger partial charge in [-0.05, 0) is 25.0 Å². The van der Waals surface area contributed by atoms with Gasteiger partial charge in [0.25, 0.3) is 5.91 Å². The monoisotopic (exact) mass is 299 g/mol. The van der Waals surface area contributed by atoms with Gasteiger partial charge in [0, 0.05) is 17.5 Å². The van der Waals surface area contributed by atoms with Crippen molar-refractivity contribution in [2.24, 2.45) is 0 Å². The summed E-state index contributed by atoms with van der Waals surface area (Å²) >= 11 is 6.01.